The molecule has 3 aromatic rings. The van der Waals surface area contributed by atoms with Crippen LogP contribution < -0.4 is 20.5 Å². The first-order valence-corrected chi connectivity index (χ1v) is 10.1. The van der Waals surface area contributed by atoms with Gasteiger partial charge in [-0.05, 0) is 36.4 Å². The van der Waals surface area contributed by atoms with Crippen LogP contribution in [0.1, 0.15) is 5.56 Å². The molecule has 0 aliphatic carbocycles. The van der Waals surface area contributed by atoms with Gasteiger partial charge in [0.2, 0.25) is 0 Å². The van der Waals surface area contributed by atoms with Gasteiger partial charge in [0.05, 0.1) is 10.6 Å². The van der Waals surface area contributed by atoms with Crippen molar-refractivity contribution in [2.75, 3.05) is 16.9 Å². The molecule has 10 heteroatoms. The van der Waals surface area contributed by atoms with Gasteiger partial charge >= 0.3 is 0 Å². The van der Waals surface area contributed by atoms with Crippen LogP contribution in [0.5, 0.6) is 5.75 Å². The van der Waals surface area contributed by atoms with Gasteiger partial charge in [0, 0.05) is 23.4 Å². The Kier molecular flexibility index (Phi) is 6.31. The Morgan fingerprint density at radius 3 is 2.38 bits per heavy atom. The highest BCUT2D eigenvalue weighted by atomic mass is 16.6. The molecule has 4 rings (SSSR count). The quantitative estimate of drug-likeness (QED) is 0.242. The van der Waals surface area contributed by atoms with Crippen LogP contribution in [0.2, 0.25) is 0 Å². The highest BCUT2D eigenvalue weighted by Crippen LogP contribution is 2.29. The van der Waals surface area contributed by atoms with Crippen LogP contribution in [0.25, 0.3) is 6.08 Å². The maximum Gasteiger partial charge on any atom is 0.282 e. The molecule has 0 radical (unpaired) electrons. The Bertz CT molecular complexity index is 1290. The molecule has 1 saturated heterocycles. The number of benzene rings is 3. The first kappa shape index (κ1) is 22.2. The maximum atomic E-state index is 12.9. The van der Waals surface area contributed by atoms with E-state index in [0.29, 0.717) is 11.4 Å². The SMILES string of the molecule is O=C(COc1ccc([N+](=O)[O-])cc1C=C1C(=O)NN(c2ccccc2)C1=O)Nc1ccccc1. The van der Waals surface area contributed by atoms with E-state index in [-0.39, 0.29) is 29.2 Å². The first-order chi connectivity index (χ1) is 16.4. The van der Waals surface area contributed by atoms with Crippen molar-refractivity contribution in [1.29, 1.82) is 0 Å². The number of hydrazine groups is 1. The fourth-order valence-corrected chi connectivity index (χ4v) is 3.23. The maximum absolute atomic E-state index is 12.9. The van der Waals surface area contributed by atoms with E-state index in [4.69, 9.17) is 4.74 Å². The molecule has 3 aromatic carbocycles. The number of nitro groups is 1. The Hall–Kier alpha value is -4.99. The summed E-state index contributed by atoms with van der Waals surface area (Å²) in [5.41, 5.74) is 3.11. The van der Waals surface area contributed by atoms with E-state index in [1.807, 2.05) is 6.07 Å². The van der Waals surface area contributed by atoms with Gasteiger partial charge in [0.25, 0.3) is 23.4 Å². The minimum absolute atomic E-state index is 0.0973. The van der Waals surface area contributed by atoms with E-state index >= 15 is 0 Å². The molecule has 2 N–H and O–H groups in total. The van der Waals surface area contributed by atoms with Crippen LogP contribution in [0.4, 0.5) is 17.1 Å². The Labute approximate surface area is 193 Å². The van der Waals surface area contributed by atoms with Gasteiger partial charge in [-0.15, -0.1) is 0 Å². The van der Waals surface area contributed by atoms with Gasteiger partial charge in [0.15, 0.2) is 6.61 Å². The number of anilines is 2. The van der Waals surface area contributed by atoms with Gasteiger partial charge < -0.3 is 10.1 Å². The van der Waals surface area contributed by atoms with E-state index in [1.165, 1.54) is 24.3 Å². The van der Waals surface area contributed by atoms with Crippen molar-refractivity contribution in [3.8, 4) is 5.75 Å². The minimum atomic E-state index is -0.673. The second kappa shape index (κ2) is 9.65. The molecule has 0 spiro atoms. The van der Waals surface area contributed by atoms with Crippen molar-refractivity contribution >= 4 is 40.9 Å². The van der Waals surface area contributed by atoms with E-state index < -0.39 is 22.6 Å². The van der Waals surface area contributed by atoms with Crippen LogP contribution in [0.3, 0.4) is 0 Å². The second-order valence-electron chi connectivity index (χ2n) is 7.16. The summed E-state index contributed by atoms with van der Waals surface area (Å²) in [6.07, 6.45) is 1.21. The van der Waals surface area contributed by atoms with Gasteiger partial charge in [0.1, 0.15) is 11.3 Å². The van der Waals surface area contributed by atoms with E-state index in [9.17, 15) is 24.5 Å². The number of non-ortho nitro benzene ring substituents is 1. The molecule has 170 valence electrons. The molecule has 10 nitrogen and oxygen atoms in total. The summed E-state index contributed by atoms with van der Waals surface area (Å²) in [4.78, 5) is 48.2. The molecule has 1 heterocycles. The molecular formula is C24H18N4O6. The molecule has 1 fully saturated rings. The number of nitrogens with one attached hydrogen (secondary N) is 2. The van der Waals surface area contributed by atoms with Gasteiger partial charge in [-0.25, -0.2) is 5.01 Å². The Balaban J connectivity index is 1.59. The lowest BCUT2D eigenvalue weighted by atomic mass is 10.1. The second-order valence-corrected chi connectivity index (χ2v) is 7.16. The van der Waals surface area contributed by atoms with Crippen molar-refractivity contribution in [3.05, 3.63) is 100 Å². The average Bonchev–Trinajstić information content (AvgIpc) is 3.12. The standard InChI is InChI=1S/C24H18N4O6/c29-22(25-17-7-3-1-4-8-17)15-34-21-12-11-19(28(32)33)13-16(21)14-20-23(30)26-27(24(20)31)18-9-5-2-6-10-18/h1-14H,15H2,(H,25,29)(H,26,30). The molecule has 3 amide bonds. The number of nitrogens with zero attached hydrogens (tertiary/aromatic N) is 2. The third kappa shape index (κ3) is 4.91. The number of hydrogen-bond donors (Lipinski definition) is 2. The number of carbonyl (C=O) groups is 3. The summed E-state index contributed by atoms with van der Waals surface area (Å²) in [7, 11) is 0. The van der Waals surface area contributed by atoms with Crippen molar-refractivity contribution in [2.24, 2.45) is 0 Å². The van der Waals surface area contributed by atoms with Crippen molar-refractivity contribution in [1.82, 2.24) is 5.43 Å². The predicted molar refractivity (Wildman–Crippen MR) is 124 cm³/mol. The van der Waals surface area contributed by atoms with Gasteiger partial charge in [-0.2, -0.15) is 0 Å². The number of amides is 3. The van der Waals surface area contributed by atoms with Crippen LogP contribution >= 0.6 is 0 Å². The third-order valence-electron chi connectivity index (χ3n) is 4.83. The molecular weight excluding hydrogens is 440 g/mol. The topological polar surface area (TPSA) is 131 Å². The fraction of sp³-hybridized carbons (Fsp3) is 0.0417. The van der Waals surface area contributed by atoms with Crippen LogP contribution in [0, 0.1) is 10.1 Å². The number of nitro benzene ring substituents is 1. The smallest absolute Gasteiger partial charge is 0.282 e. The zero-order valence-electron chi connectivity index (χ0n) is 17.6. The number of carbonyl (C=O) groups excluding carboxylic acids is 3. The van der Waals surface area contributed by atoms with Crippen molar-refractivity contribution in [2.45, 2.75) is 0 Å². The lowest BCUT2D eigenvalue weighted by Gasteiger charge is -2.14. The molecule has 0 bridgehead atoms. The zero-order chi connectivity index (χ0) is 24.1. The lowest BCUT2D eigenvalue weighted by Crippen LogP contribution is -2.35. The highest BCUT2D eigenvalue weighted by Gasteiger charge is 2.34. The monoisotopic (exact) mass is 458 g/mol. The molecule has 1 aliphatic rings. The van der Waals surface area contributed by atoms with Crippen LogP contribution in [0.15, 0.2) is 84.4 Å². The molecule has 1 aliphatic heterocycles. The molecule has 0 unspecified atom stereocenters. The molecule has 0 saturated carbocycles. The van der Waals surface area contributed by atoms with E-state index in [0.717, 1.165) is 5.01 Å². The summed E-state index contributed by atoms with van der Waals surface area (Å²) < 4.78 is 5.56. The summed E-state index contributed by atoms with van der Waals surface area (Å²) in [5.74, 6) is -1.66. The minimum Gasteiger partial charge on any atom is -0.483 e. The normalized spacial score (nSPS) is 14.1. The summed E-state index contributed by atoms with van der Waals surface area (Å²) >= 11 is 0. The van der Waals surface area contributed by atoms with E-state index in [2.05, 4.69) is 10.7 Å². The fourth-order valence-electron chi connectivity index (χ4n) is 3.23. The third-order valence-corrected chi connectivity index (χ3v) is 4.83. The summed E-state index contributed by atoms with van der Waals surface area (Å²) in [6.45, 7) is -0.390. The number of hydrogen-bond acceptors (Lipinski definition) is 6. The predicted octanol–water partition coefficient (Wildman–Crippen LogP) is 3.07. The number of rotatable bonds is 7. The number of para-hydroxylation sites is 2. The summed E-state index contributed by atoms with van der Waals surface area (Å²) in [6, 6.07) is 20.9. The Morgan fingerprint density at radius 1 is 1.03 bits per heavy atom. The van der Waals surface area contributed by atoms with Crippen molar-refractivity contribution < 1.29 is 24.0 Å². The lowest BCUT2D eigenvalue weighted by molar-refractivity contribution is -0.384. The highest BCUT2D eigenvalue weighted by molar-refractivity contribution is 6.31. The van der Waals surface area contributed by atoms with Crippen LogP contribution in [-0.4, -0.2) is 29.3 Å². The average molecular weight is 458 g/mol. The molecule has 34 heavy (non-hydrogen) atoms. The Morgan fingerprint density at radius 2 is 1.71 bits per heavy atom. The first-order valence-electron chi connectivity index (χ1n) is 10.1. The van der Waals surface area contributed by atoms with Gasteiger partial charge in [-0.1, -0.05) is 36.4 Å². The zero-order valence-corrected chi connectivity index (χ0v) is 17.6. The largest absolute Gasteiger partial charge is 0.483 e. The molecule has 0 atom stereocenters. The summed E-state index contributed by atoms with van der Waals surface area (Å²) in [5, 5.41) is 15.0. The van der Waals surface area contributed by atoms with Gasteiger partial charge in [-0.3, -0.25) is 29.9 Å². The van der Waals surface area contributed by atoms with Crippen molar-refractivity contribution in [3.63, 3.8) is 0 Å². The molecule has 0 aromatic heterocycles. The number of ether oxygens (including phenoxy) is 1. The van der Waals surface area contributed by atoms with E-state index in [1.54, 1.807) is 54.6 Å². The van der Waals surface area contributed by atoms with Crippen LogP contribution in [-0.2, 0) is 14.4 Å².